The van der Waals surface area contributed by atoms with E-state index in [1.54, 1.807) is 4.68 Å². The van der Waals surface area contributed by atoms with E-state index in [9.17, 15) is 9.90 Å². The number of hydrogen-bond donors (Lipinski definition) is 2. The van der Waals surface area contributed by atoms with Crippen LogP contribution < -0.4 is 0 Å². The second-order valence-corrected chi connectivity index (χ2v) is 6.82. The van der Waals surface area contributed by atoms with E-state index in [1.807, 2.05) is 6.20 Å². The van der Waals surface area contributed by atoms with Gasteiger partial charge in [-0.2, -0.15) is 0 Å². The third-order valence-electron chi connectivity index (χ3n) is 5.13. The molecule has 2 saturated carbocycles. The highest BCUT2D eigenvalue weighted by molar-refractivity contribution is 5.67. The maximum Gasteiger partial charge on any atom is 0.303 e. The van der Waals surface area contributed by atoms with E-state index in [4.69, 9.17) is 5.11 Å². The lowest BCUT2D eigenvalue weighted by Crippen LogP contribution is -2.27. The van der Waals surface area contributed by atoms with Gasteiger partial charge in [0, 0.05) is 12.0 Å². The van der Waals surface area contributed by atoms with Crippen LogP contribution in [0.4, 0.5) is 0 Å². The molecule has 0 bridgehead atoms. The molecule has 0 spiro atoms. The summed E-state index contributed by atoms with van der Waals surface area (Å²) in [5.41, 5.74) is -0.383. The highest BCUT2D eigenvalue weighted by Gasteiger charge is 2.39. The maximum absolute atomic E-state index is 11.1. The first-order valence-electron chi connectivity index (χ1n) is 7.86. The van der Waals surface area contributed by atoms with Crippen LogP contribution in [0.25, 0.3) is 0 Å². The fraction of sp³-hybridized carbons (Fsp3) is 0.800. The first kappa shape index (κ1) is 14.5. The molecular weight excluding hydrogens is 270 g/mol. The zero-order chi connectivity index (χ0) is 14.9. The van der Waals surface area contributed by atoms with Gasteiger partial charge < -0.3 is 10.2 Å². The molecule has 0 aliphatic heterocycles. The summed E-state index contributed by atoms with van der Waals surface area (Å²) in [5, 5.41) is 28.0. The molecule has 2 fully saturated rings. The van der Waals surface area contributed by atoms with Crippen molar-refractivity contribution >= 4 is 5.97 Å². The summed E-state index contributed by atoms with van der Waals surface area (Å²) < 4.78 is 1.74. The Morgan fingerprint density at radius 3 is 2.43 bits per heavy atom. The lowest BCUT2D eigenvalue weighted by atomic mass is 9.82. The minimum Gasteiger partial charge on any atom is -0.481 e. The monoisotopic (exact) mass is 293 g/mol. The number of nitrogens with zero attached hydrogens (tertiary/aromatic N) is 3. The summed E-state index contributed by atoms with van der Waals surface area (Å²) in [4.78, 5) is 11.1. The van der Waals surface area contributed by atoms with Crippen LogP contribution >= 0.6 is 0 Å². The van der Waals surface area contributed by atoms with Gasteiger partial charge >= 0.3 is 5.97 Å². The molecule has 116 valence electrons. The smallest absolute Gasteiger partial charge is 0.303 e. The first-order chi connectivity index (χ1) is 10.0. The predicted octanol–water partition coefficient (Wildman–Crippen LogP) is 2.07. The molecule has 0 aromatic carbocycles. The van der Waals surface area contributed by atoms with Gasteiger partial charge in [-0.1, -0.05) is 30.9 Å². The zero-order valence-corrected chi connectivity index (χ0v) is 12.3. The zero-order valence-electron chi connectivity index (χ0n) is 12.3. The molecule has 1 heterocycles. The third kappa shape index (κ3) is 2.95. The highest BCUT2D eigenvalue weighted by atomic mass is 16.4. The molecule has 0 radical (unpaired) electrons. The summed E-state index contributed by atoms with van der Waals surface area (Å²) in [6.45, 7) is 0.586. The lowest BCUT2D eigenvalue weighted by Gasteiger charge is -2.26. The van der Waals surface area contributed by atoms with E-state index < -0.39 is 11.6 Å². The van der Waals surface area contributed by atoms with Crippen LogP contribution in [0.1, 0.15) is 63.5 Å². The van der Waals surface area contributed by atoms with E-state index >= 15 is 0 Å². The number of hydrogen-bond acceptors (Lipinski definition) is 4. The Hall–Kier alpha value is -1.43. The lowest BCUT2D eigenvalue weighted by molar-refractivity contribution is -0.140. The number of aliphatic carboxylic acids is 1. The van der Waals surface area contributed by atoms with Crippen LogP contribution in [0.5, 0.6) is 0 Å². The average molecular weight is 293 g/mol. The average Bonchev–Trinajstić information content (AvgIpc) is 3.11. The van der Waals surface area contributed by atoms with Crippen molar-refractivity contribution in [2.75, 3.05) is 0 Å². The number of carbonyl (C=O) groups is 1. The molecule has 1 aromatic rings. The van der Waals surface area contributed by atoms with Gasteiger partial charge in [0.05, 0.1) is 12.6 Å². The highest BCUT2D eigenvalue weighted by Crippen LogP contribution is 2.43. The van der Waals surface area contributed by atoms with Crippen LogP contribution in [0.3, 0.4) is 0 Å². The van der Waals surface area contributed by atoms with Crippen molar-refractivity contribution in [2.24, 2.45) is 5.41 Å². The predicted molar refractivity (Wildman–Crippen MR) is 75.5 cm³/mol. The van der Waals surface area contributed by atoms with Crippen molar-refractivity contribution in [3.05, 3.63) is 11.9 Å². The number of aliphatic hydroxyl groups is 1. The molecule has 21 heavy (non-hydrogen) atoms. The molecule has 2 aliphatic carbocycles. The van der Waals surface area contributed by atoms with Gasteiger partial charge in [-0.15, -0.1) is 5.10 Å². The summed E-state index contributed by atoms with van der Waals surface area (Å²) >= 11 is 0. The van der Waals surface area contributed by atoms with Gasteiger partial charge in [0.25, 0.3) is 0 Å². The van der Waals surface area contributed by atoms with E-state index in [1.165, 1.54) is 0 Å². The van der Waals surface area contributed by atoms with Gasteiger partial charge in [0.15, 0.2) is 0 Å². The van der Waals surface area contributed by atoms with Crippen molar-refractivity contribution in [2.45, 2.75) is 69.9 Å². The molecule has 2 N–H and O–H groups in total. The minimum atomic E-state index is -0.826. The minimum absolute atomic E-state index is 0.187. The third-order valence-corrected chi connectivity index (χ3v) is 5.13. The van der Waals surface area contributed by atoms with Gasteiger partial charge in [0.1, 0.15) is 11.3 Å². The molecular formula is C15H23N3O3. The van der Waals surface area contributed by atoms with E-state index in [-0.39, 0.29) is 11.8 Å². The first-order valence-corrected chi connectivity index (χ1v) is 7.86. The standard InChI is InChI=1S/C15H23N3O3/c19-13(20)9-14(5-1-2-6-14)11-18-10-12(16-17-18)15(21)7-3-4-8-15/h10,21H,1-9,11H2,(H,19,20). The molecule has 0 saturated heterocycles. The van der Waals surface area contributed by atoms with Gasteiger partial charge in [0.2, 0.25) is 0 Å². The second kappa shape index (κ2) is 5.40. The Bertz CT molecular complexity index is 514. The quantitative estimate of drug-likeness (QED) is 0.867. The van der Waals surface area contributed by atoms with Gasteiger partial charge in [-0.3, -0.25) is 9.48 Å². The molecule has 0 atom stereocenters. The summed E-state index contributed by atoms with van der Waals surface area (Å²) in [6.07, 6.45) is 9.55. The Kier molecular flexibility index (Phi) is 3.73. The Morgan fingerprint density at radius 1 is 1.19 bits per heavy atom. The fourth-order valence-corrected chi connectivity index (χ4v) is 3.99. The Morgan fingerprint density at radius 2 is 1.81 bits per heavy atom. The number of carboxylic acids is 1. The molecule has 1 aromatic heterocycles. The number of rotatable bonds is 5. The van der Waals surface area contributed by atoms with Crippen LogP contribution in [0.2, 0.25) is 0 Å². The Labute approximate surface area is 124 Å². The van der Waals surface area contributed by atoms with Crippen LogP contribution in [-0.2, 0) is 16.9 Å². The molecule has 6 nitrogen and oxygen atoms in total. The summed E-state index contributed by atoms with van der Waals surface area (Å²) in [6, 6.07) is 0. The van der Waals surface area contributed by atoms with Crippen molar-refractivity contribution < 1.29 is 15.0 Å². The van der Waals surface area contributed by atoms with Crippen molar-refractivity contribution in [3.63, 3.8) is 0 Å². The molecule has 0 amide bonds. The van der Waals surface area contributed by atoms with Crippen molar-refractivity contribution in [3.8, 4) is 0 Å². The Balaban J connectivity index is 1.75. The maximum atomic E-state index is 11.1. The molecule has 0 unspecified atom stereocenters. The van der Waals surface area contributed by atoms with Gasteiger partial charge in [-0.05, 0) is 25.7 Å². The summed E-state index contributed by atoms with van der Waals surface area (Å²) in [5.74, 6) is -0.744. The van der Waals surface area contributed by atoms with Crippen LogP contribution in [0, 0.1) is 5.41 Å². The second-order valence-electron chi connectivity index (χ2n) is 6.82. The molecule has 2 aliphatic rings. The van der Waals surface area contributed by atoms with Crippen molar-refractivity contribution in [1.29, 1.82) is 0 Å². The molecule has 6 heteroatoms. The SMILES string of the molecule is O=C(O)CC1(Cn2cc(C3(O)CCCC3)nn2)CCCC1. The topological polar surface area (TPSA) is 88.2 Å². The van der Waals surface area contributed by atoms with Gasteiger partial charge in [-0.25, -0.2) is 0 Å². The largest absolute Gasteiger partial charge is 0.481 e. The van der Waals surface area contributed by atoms with Crippen molar-refractivity contribution in [1.82, 2.24) is 15.0 Å². The van der Waals surface area contributed by atoms with E-state index in [2.05, 4.69) is 10.3 Å². The van der Waals surface area contributed by atoms with Crippen LogP contribution in [-0.4, -0.2) is 31.2 Å². The number of carboxylic acid groups (broad SMARTS) is 1. The fourth-order valence-electron chi connectivity index (χ4n) is 3.99. The van der Waals surface area contributed by atoms with E-state index in [0.29, 0.717) is 12.2 Å². The van der Waals surface area contributed by atoms with Crippen LogP contribution in [0.15, 0.2) is 6.20 Å². The van der Waals surface area contributed by atoms with E-state index in [0.717, 1.165) is 51.4 Å². The number of aromatic nitrogens is 3. The summed E-state index contributed by atoms with van der Waals surface area (Å²) in [7, 11) is 0. The molecule has 3 rings (SSSR count). The normalized spacial score (nSPS) is 23.5.